The zero-order valence-corrected chi connectivity index (χ0v) is 24.4. The molecular weight excluding hydrogens is 526 g/mol. The Morgan fingerprint density at radius 3 is 2.07 bits per heavy atom. The number of nitrogens with zero attached hydrogens (tertiary/aromatic N) is 3. The summed E-state index contributed by atoms with van der Waals surface area (Å²) in [5.74, 6) is 0.894. The van der Waals surface area contributed by atoms with Gasteiger partial charge in [-0.05, 0) is 85.0 Å². The molecule has 4 nitrogen and oxygen atoms in total. The summed E-state index contributed by atoms with van der Waals surface area (Å²) in [5, 5.41) is 11.3. The fourth-order valence-electron chi connectivity index (χ4n) is 6.17. The van der Waals surface area contributed by atoms with Crippen LogP contribution >= 0.6 is 0 Å². The maximum absolute atomic E-state index is 11.3. The largest absolute Gasteiger partial charge is 0.507 e. The highest BCUT2D eigenvalue weighted by molar-refractivity contribution is 5.97. The van der Waals surface area contributed by atoms with E-state index in [4.69, 9.17) is 4.98 Å². The fourth-order valence-corrected chi connectivity index (χ4v) is 6.17. The van der Waals surface area contributed by atoms with E-state index >= 15 is 0 Å². The van der Waals surface area contributed by atoms with Gasteiger partial charge in [0.05, 0.1) is 28.0 Å². The Kier molecular flexibility index (Phi) is 6.59. The third-order valence-corrected chi connectivity index (χ3v) is 8.02. The molecule has 0 atom stereocenters. The molecule has 0 unspecified atom stereocenters. The number of imidazole rings is 1. The van der Waals surface area contributed by atoms with Gasteiger partial charge in [-0.25, -0.2) is 4.98 Å². The number of phenols is 1. The Morgan fingerprint density at radius 2 is 1.30 bits per heavy atom. The number of aromatic hydroxyl groups is 1. The minimum Gasteiger partial charge on any atom is -0.507 e. The normalized spacial score (nSPS) is 11.2. The number of aryl methyl sites for hydroxylation is 3. The van der Waals surface area contributed by atoms with E-state index in [-0.39, 0.29) is 5.75 Å². The highest BCUT2D eigenvalue weighted by Crippen LogP contribution is 2.40. The Morgan fingerprint density at radius 1 is 0.581 bits per heavy atom. The summed E-state index contributed by atoms with van der Waals surface area (Å²) >= 11 is 0. The van der Waals surface area contributed by atoms with Crippen LogP contribution in [-0.2, 0) is 0 Å². The zero-order chi connectivity index (χ0) is 29.5. The summed E-state index contributed by atoms with van der Waals surface area (Å²) < 4.78 is 2.22. The van der Waals surface area contributed by atoms with Crippen molar-refractivity contribution in [1.29, 1.82) is 0 Å². The van der Waals surface area contributed by atoms with Crippen LogP contribution in [0.15, 0.2) is 128 Å². The van der Waals surface area contributed by atoms with E-state index in [0.717, 1.165) is 61.4 Å². The molecule has 0 spiro atoms. The fraction of sp³-hybridized carbons (Fsp3) is 0.0769. The molecule has 0 aliphatic heterocycles. The van der Waals surface area contributed by atoms with Gasteiger partial charge >= 0.3 is 0 Å². The summed E-state index contributed by atoms with van der Waals surface area (Å²) in [6, 6.07) is 41.2. The van der Waals surface area contributed by atoms with E-state index < -0.39 is 0 Å². The van der Waals surface area contributed by atoms with Crippen molar-refractivity contribution in [3.05, 3.63) is 144 Å². The Balaban J connectivity index is 1.52. The van der Waals surface area contributed by atoms with Crippen molar-refractivity contribution in [3.8, 4) is 56.3 Å². The lowest BCUT2D eigenvalue weighted by Gasteiger charge is -2.17. The number of rotatable bonds is 5. The van der Waals surface area contributed by atoms with Crippen LogP contribution in [0.25, 0.3) is 61.6 Å². The van der Waals surface area contributed by atoms with Crippen LogP contribution < -0.4 is 0 Å². The third kappa shape index (κ3) is 4.77. The SMILES string of the molecule is Cc1cc(C)c(-n2c(-c3cc(-c4ccccc4)ccc3O)nc3c(-c4cccc(-c5ccccn5)c4)cccc32)c(C)c1. The van der Waals surface area contributed by atoms with Crippen molar-refractivity contribution < 1.29 is 5.11 Å². The second-order valence-corrected chi connectivity index (χ2v) is 11.1. The van der Waals surface area contributed by atoms with Crippen molar-refractivity contribution in [2.45, 2.75) is 20.8 Å². The first-order valence-corrected chi connectivity index (χ1v) is 14.5. The summed E-state index contributed by atoms with van der Waals surface area (Å²) in [6.07, 6.45) is 1.82. The first kappa shape index (κ1) is 26.4. The molecule has 0 bridgehead atoms. The molecule has 0 fully saturated rings. The molecule has 0 aliphatic carbocycles. The molecule has 0 saturated heterocycles. The van der Waals surface area contributed by atoms with Gasteiger partial charge in [-0.3, -0.25) is 9.55 Å². The van der Waals surface area contributed by atoms with E-state index in [2.05, 4.69) is 97.1 Å². The van der Waals surface area contributed by atoms with Crippen LogP contribution in [0.2, 0.25) is 0 Å². The summed E-state index contributed by atoms with van der Waals surface area (Å²) in [4.78, 5) is 9.89. The van der Waals surface area contributed by atoms with Gasteiger partial charge in [0.1, 0.15) is 11.6 Å². The van der Waals surface area contributed by atoms with Crippen molar-refractivity contribution in [1.82, 2.24) is 14.5 Å². The quantitative estimate of drug-likeness (QED) is 0.229. The number of hydrogen-bond donors (Lipinski definition) is 1. The molecule has 5 aromatic carbocycles. The van der Waals surface area contributed by atoms with Gasteiger partial charge in [-0.1, -0.05) is 90.5 Å². The molecule has 0 amide bonds. The highest BCUT2D eigenvalue weighted by Gasteiger charge is 2.22. The summed E-state index contributed by atoms with van der Waals surface area (Å²) in [6.45, 7) is 6.41. The molecule has 7 rings (SSSR count). The van der Waals surface area contributed by atoms with E-state index in [1.807, 2.05) is 54.7 Å². The van der Waals surface area contributed by atoms with Crippen molar-refractivity contribution in [3.63, 3.8) is 0 Å². The first-order valence-electron chi connectivity index (χ1n) is 14.5. The monoisotopic (exact) mass is 557 g/mol. The van der Waals surface area contributed by atoms with Gasteiger partial charge in [-0.2, -0.15) is 0 Å². The second-order valence-electron chi connectivity index (χ2n) is 11.1. The molecule has 7 aromatic rings. The molecule has 2 aromatic heterocycles. The molecule has 4 heteroatoms. The van der Waals surface area contributed by atoms with Crippen LogP contribution in [-0.4, -0.2) is 19.6 Å². The molecule has 0 aliphatic rings. The van der Waals surface area contributed by atoms with Crippen LogP contribution in [0.5, 0.6) is 5.75 Å². The Labute approximate surface area is 251 Å². The van der Waals surface area contributed by atoms with Gasteiger partial charge in [0.2, 0.25) is 0 Å². The topological polar surface area (TPSA) is 50.9 Å². The molecule has 2 heterocycles. The molecule has 0 saturated carbocycles. The third-order valence-electron chi connectivity index (χ3n) is 8.02. The van der Waals surface area contributed by atoms with Crippen LogP contribution in [0, 0.1) is 20.8 Å². The second kappa shape index (κ2) is 10.7. The molecule has 0 radical (unpaired) electrons. The number of fused-ring (bicyclic) bond motifs is 1. The van der Waals surface area contributed by atoms with E-state index in [1.54, 1.807) is 6.07 Å². The number of pyridine rings is 1. The maximum atomic E-state index is 11.3. The molecule has 43 heavy (non-hydrogen) atoms. The Bertz CT molecular complexity index is 2090. The highest BCUT2D eigenvalue weighted by atomic mass is 16.3. The molecular formula is C39H31N3O. The average Bonchev–Trinajstić information content (AvgIpc) is 3.41. The van der Waals surface area contributed by atoms with Gasteiger partial charge in [0.25, 0.3) is 0 Å². The van der Waals surface area contributed by atoms with Crippen LogP contribution in [0.4, 0.5) is 0 Å². The smallest absolute Gasteiger partial charge is 0.149 e. The molecule has 1 N–H and O–H groups in total. The number of para-hydroxylation sites is 1. The number of phenolic OH excluding ortho intramolecular Hbond substituents is 1. The maximum Gasteiger partial charge on any atom is 0.149 e. The standard InChI is InChI=1S/C39H31N3O/c1-25-21-26(2)38(27(3)22-25)42-35-17-10-15-32(30-13-9-14-31(23-30)34-16-7-8-20-40-34)37(35)41-39(42)33-24-29(18-19-36(33)43)28-11-5-4-6-12-28/h4-24,43H,1-3H3. The number of benzene rings is 5. The van der Waals surface area contributed by atoms with Crippen molar-refractivity contribution in [2.75, 3.05) is 0 Å². The Hall–Kier alpha value is -5.48. The number of hydrogen-bond acceptors (Lipinski definition) is 3. The summed E-state index contributed by atoms with van der Waals surface area (Å²) in [7, 11) is 0. The van der Waals surface area contributed by atoms with Crippen molar-refractivity contribution in [2.24, 2.45) is 0 Å². The lowest BCUT2D eigenvalue weighted by molar-refractivity contribution is 0.477. The van der Waals surface area contributed by atoms with Gasteiger partial charge < -0.3 is 5.11 Å². The van der Waals surface area contributed by atoms with E-state index in [9.17, 15) is 5.11 Å². The van der Waals surface area contributed by atoms with Gasteiger partial charge in [0.15, 0.2) is 0 Å². The predicted octanol–water partition coefficient (Wildman–Crippen LogP) is 9.72. The lowest BCUT2D eigenvalue weighted by Crippen LogP contribution is -2.03. The predicted molar refractivity (Wildman–Crippen MR) is 176 cm³/mol. The zero-order valence-electron chi connectivity index (χ0n) is 24.4. The minimum atomic E-state index is 0.192. The summed E-state index contributed by atoms with van der Waals surface area (Å²) in [5.41, 5.74) is 13.3. The lowest BCUT2D eigenvalue weighted by atomic mass is 10.00. The van der Waals surface area contributed by atoms with E-state index in [0.29, 0.717) is 11.4 Å². The molecule has 208 valence electrons. The van der Waals surface area contributed by atoms with Crippen LogP contribution in [0.3, 0.4) is 0 Å². The van der Waals surface area contributed by atoms with Crippen LogP contribution in [0.1, 0.15) is 16.7 Å². The minimum absolute atomic E-state index is 0.192. The van der Waals surface area contributed by atoms with Gasteiger partial charge in [0, 0.05) is 17.3 Å². The van der Waals surface area contributed by atoms with Crippen molar-refractivity contribution >= 4 is 11.0 Å². The number of aromatic nitrogens is 3. The average molecular weight is 558 g/mol. The first-order chi connectivity index (χ1) is 21.0. The van der Waals surface area contributed by atoms with Gasteiger partial charge in [-0.15, -0.1) is 0 Å². The van der Waals surface area contributed by atoms with E-state index in [1.165, 1.54) is 5.56 Å².